The second kappa shape index (κ2) is 4.80. The first-order valence-electron chi connectivity index (χ1n) is 4.71. The highest BCUT2D eigenvalue weighted by molar-refractivity contribution is 9.10. The normalized spacial score (nSPS) is 9.65. The van der Waals surface area contributed by atoms with Crippen molar-refractivity contribution in [2.24, 2.45) is 0 Å². The smallest absolute Gasteiger partial charge is 0.340 e. The molecule has 0 atom stereocenters. The van der Waals surface area contributed by atoms with Crippen molar-refractivity contribution in [3.8, 4) is 6.07 Å². The molecule has 0 spiro atoms. The summed E-state index contributed by atoms with van der Waals surface area (Å²) in [5.74, 6) is 0.340. The van der Waals surface area contributed by atoms with Gasteiger partial charge in [-0.3, -0.25) is 4.98 Å². The van der Waals surface area contributed by atoms with E-state index >= 15 is 0 Å². The molecule has 0 radical (unpaired) electrons. The molecule has 17 heavy (non-hydrogen) atoms. The van der Waals surface area contributed by atoms with Crippen LogP contribution in [0.4, 0.5) is 11.5 Å². The maximum Gasteiger partial charge on any atom is 0.347 e. The zero-order valence-corrected chi connectivity index (χ0v) is 10.2. The van der Waals surface area contributed by atoms with E-state index in [-0.39, 0.29) is 5.69 Å². The maximum absolute atomic E-state index is 11.1. The van der Waals surface area contributed by atoms with Crippen LogP contribution in [0.25, 0.3) is 0 Å². The minimum absolute atomic E-state index is 0.171. The number of aromatic amines is 1. The number of hydrogen-bond donors (Lipinski definition) is 2. The second-order valence-electron chi connectivity index (χ2n) is 3.23. The summed E-state index contributed by atoms with van der Waals surface area (Å²) in [4.78, 5) is 17.2. The number of hydrogen-bond acceptors (Lipinski definition) is 4. The molecule has 0 saturated heterocycles. The van der Waals surface area contributed by atoms with E-state index in [1.807, 2.05) is 30.3 Å². The van der Waals surface area contributed by atoms with Gasteiger partial charge in [-0.2, -0.15) is 10.2 Å². The minimum atomic E-state index is -0.552. The van der Waals surface area contributed by atoms with Crippen LogP contribution in [0.15, 0.2) is 39.6 Å². The fourth-order valence-electron chi connectivity index (χ4n) is 1.26. The molecule has 1 aromatic carbocycles. The molecule has 0 unspecified atom stereocenters. The number of nitrogens with one attached hydrogen (secondary N) is 2. The Balaban J connectivity index is 2.30. The van der Waals surface area contributed by atoms with Gasteiger partial charge in [0, 0.05) is 16.2 Å². The van der Waals surface area contributed by atoms with Gasteiger partial charge in [-0.1, -0.05) is 15.9 Å². The Hall–Kier alpha value is -2.13. The molecule has 2 N–H and O–H groups in total. The number of nitriles is 1. The van der Waals surface area contributed by atoms with Gasteiger partial charge >= 0.3 is 5.69 Å². The van der Waals surface area contributed by atoms with Gasteiger partial charge in [-0.05, 0) is 24.3 Å². The summed E-state index contributed by atoms with van der Waals surface area (Å²) in [5.41, 5.74) is 0.406. The molecular formula is C11H7BrN4O. The van der Waals surface area contributed by atoms with E-state index in [9.17, 15) is 4.79 Å². The van der Waals surface area contributed by atoms with Gasteiger partial charge in [0.15, 0.2) is 0 Å². The van der Waals surface area contributed by atoms with Crippen molar-refractivity contribution < 1.29 is 0 Å². The third-order valence-electron chi connectivity index (χ3n) is 1.98. The van der Waals surface area contributed by atoms with Gasteiger partial charge in [0.05, 0.1) is 0 Å². The lowest BCUT2D eigenvalue weighted by molar-refractivity contribution is 1.06. The molecule has 2 aromatic rings. The number of nitrogens with zero attached hydrogens (tertiary/aromatic N) is 2. The van der Waals surface area contributed by atoms with Crippen LogP contribution in [0, 0.1) is 11.3 Å². The van der Waals surface area contributed by atoms with E-state index in [1.54, 1.807) is 0 Å². The van der Waals surface area contributed by atoms with Crippen LogP contribution in [0.5, 0.6) is 0 Å². The molecule has 5 nitrogen and oxygen atoms in total. The Labute approximate surface area is 105 Å². The second-order valence-corrected chi connectivity index (χ2v) is 4.14. The van der Waals surface area contributed by atoms with Crippen LogP contribution >= 0.6 is 15.9 Å². The van der Waals surface area contributed by atoms with Crippen molar-refractivity contribution in [2.45, 2.75) is 0 Å². The molecule has 0 bridgehead atoms. The van der Waals surface area contributed by atoms with Crippen molar-refractivity contribution in [1.29, 1.82) is 5.26 Å². The van der Waals surface area contributed by atoms with Crippen LogP contribution in [0.1, 0.15) is 5.69 Å². The van der Waals surface area contributed by atoms with E-state index in [1.165, 1.54) is 6.07 Å². The van der Waals surface area contributed by atoms with Gasteiger partial charge < -0.3 is 5.32 Å². The summed E-state index contributed by atoms with van der Waals surface area (Å²) < 4.78 is 0.958. The number of benzene rings is 1. The molecule has 6 heteroatoms. The Morgan fingerprint density at radius 1 is 1.35 bits per heavy atom. The molecular weight excluding hydrogens is 284 g/mol. The lowest BCUT2D eigenvalue weighted by Gasteiger charge is -2.04. The largest absolute Gasteiger partial charge is 0.347 e. The summed E-state index contributed by atoms with van der Waals surface area (Å²) in [5, 5.41) is 11.7. The van der Waals surface area contributed by atoms with E-state index < -0.39 is 5.69 Å². The summed E-state index contributed by atoms with van der Waals surface area (Å²) >= 11 is 3.32. The van der Waals surface area contributed by atoms with Crippen molar-refractivity contribution in [2.75, 3.05) is 5.32 Å². The number of aromatic nitrogens is 2. The summed E-state index contributed by atoms with van der Waals surface area (Å²) in [6, 6.07) is 10.7. The van der Waals surface area contributed by atoms with Crippen LogP contribution in [-0.4, -0.2) is 9.97 Å². The molecule has 84 valence electrons. The van der Waals surface area contributed by atoms with Gasteiger partial charge in [-0.15, -0.1) is 0 Å². The maximum atomic E-state index is 11.1. The van der Waals surface area contributed by atoms with E-state index in [0.29, 0.717) is 5.82 Å². The fourth-order valence-corrected chi connectivity index (χ4v) is 1.53. The number of H-pyrrole nitrogens is 1. The van der Waals surface area contributed by atoms with Gasteiger partial charge in [0.25, 0.3) is 0 Å². The Morgan fingerprint density at radius 2 is 2.06 bits per heavy atom. The number of halogens is 1. The van der Waals surface area contributed by atoms with Gasteiger partial charge in [-0.25, -0.2) is 4.79 Å². The van der Waals surface area contributed by atoms with Crippen LogP contribution in [0.2, 0.25) is 0 Å². The number of anilines is 2. The highest BCUT2D eigenvalue weighted by Crippen LogP contribution is 2.17. The lowest BCUT2D eigenvalue weighted by Crippen LogP contribution is -2.13. The molecule has 1 aromatic heterocycles. The Morgan fingerprint density at radius 3 is 2.71 bits per heavy atom. The third-order valence-corrected chi connectivity index (χ3v) is 2.51. The minimum Gasteiger partial charge on any atom is -0.340 e. The average Bonchev–Trinajstić information content (AvgIpc) is 2.31. The monoisotopic (exact) mass is 290 g/mol. The topological polar surface area (TPSA) is 81.6 Å². The highest BCUT2D eigenvalue weighted by Gasteiger charge is 2.00. The summed E-state index contributed by atoms with van der Waals surface area (Å²) in [7, 11) is 0. The predicted octanol–water partition coefficient (Wildman–Crippen LogP) is 2.15. The zero-order valence-electron chi connectivity index (χ0n) is 8.57. The fraction of sp³-hybridized carbons (Fsp3) is 0. The molecule has 0 fully saturated rings. The quantitative estimate of drug-likeness (QED) is 0.888. The molecule has 0 aliphatic rings. The van der Waals surface area contributed by atoms with Crippen LogP contribution in [-0.2, 0) is 0 Å². The van der Waals surface area contributed by atoms with Crippen LogP contribution in [0.3, 0.4) is 0 Å². The Bertz CT molecular complexity index is 627. The molecule has 0 saturated carbocycles. The Kier molecular flexibility index (Phi) is 3.21. The van der Waals surface area contributed by atoms with Gasteiger partial charge in [0.2, 0.25) is 0 Å². The van der Waals surface area contributed by atoms with Crippen molar-refractivity contribution >= 4 is 27.4 Å². The van der Waals surface area contributed by atoms with Gasteiger partial charge in [0.1, 0.15) is 17.6 Å². The molecule has 1 heterocycles. The van der Waals surface area contributed by atoms with Crippen molar-refractivity contribution in [3.05, 3.63) is 51.0 Å². The van der Waals surface area contributed by atoms with E-state index in [2.05, 4.69) is 31.2 Å². The predicted molar refractivity (Wildman–Crippen MR) is 67.0 cm³/mol. The van der Waals surface area contributed by atoms with E-state index in [0.717, 1.165) is 10.2 Å². The van der Waals surface area contributed by atoms with Crippen molar-refractivity contribution in [1.82, 2.24) is 9.97 Å². The SMILES string of the molecule is N#Cc1cc(Nc2ccc(Br)cc2)nc(=O)[nH]1. The molecule has 0 aliphatic heterocycles. The van der Waals surface area contributed by atoms with Crippen LogP contribution < -0.4 is 11.0 Å². The first kappa shape index (κ1) is 11.4. The standard InChI is InChI=1S/C11H7BrN4O/c12-7-1-3-8(4-2-7)14-10-5-9(6-13)15-11(17)16-10/h1-5H,(H2,14,15,16,17). The average molecular weight is 291 g/mol. The van der Waals surface area contributed by atoms with E-state index in [4.69, 9.17) is 5.26 Å². The lowest BCUT2D eigenvalue weighted by atomic mass is 10.3. The van der Waals surface area contributed by atoms with Crippen molar-refractivity contribution in [3.63, 3.8) is 0 Å². The molecule has 0 amide bonds. The molecule has 0 aliphatic carbocycles. The first-order chi connectivity index (χ1) is 8.17. The first-order valence-corrected chi connectivity index (χ1v) is 5.51. The zero-order chi connectivity index (χ0) is 12.3. The highest BCUT2D eigenvalue weighted by atomic mass is 79.9. The molecule has 2 rings (SSSR count). The number of rotatable bonds is 2. The summed E-state index contributed by atoms with van der Waals surface area (Å²) in [6.07, 6.45) is 0. The third kappa shape index (κ3) is 2.92. The summed E-state index contributed by atoms with van der Waals surface area (Å²) in [6.45, 7) is 0.